The maximum absolute atomic E-state index is 12.9. The maximum atomic E-state index is 12.9. The first kappa shape index (κ1) is 30.2. The van der Waals surface area contributed by atoms with Crippen molar-refractivity contribution in [3.05, 3.63) is 72.8 Å². The Hall–Kier alpha value is -4.99. The Balaban J connectivity index is 2.39. The molecule has 39 heavy (non-hydrogen) atoms. The molecule has 0 amide bonds. The normalized spacial score (nSPS) is 10.7. The van der Waals surface area contributed by atoms with Crippen LogP contribution in [-0.2, 0) is 24.0 Å². The van der Waals surface area contributed by atoms with Crippen LogP contribution in [0.3, 0.4) is 0 Å². The van der Waals surface area contributed by atoms with Gasteiger partial charge < -0.3 is 23.7 Å². The summed E-state index contributed by atoms with van der Waals surface area (Å²) in [5.74, 6) is -3.92. The minimum Gasteiger partial charge on any atom is -0.426 e. The number of ether oxygens (including phenoxy) is 5. The molecule has 0 spiro atoms. The number of esters is 5. The molecule has 0 aliphatic heterocycles. The van der Waals surface area contributed by atoms with Crippen molar-refractivity contribution in [1.29, 1.82) is 0 Å². The van der Waals surface area contributed by atoms with Gasteiger partial charge in [0.05, 0.1) is 5.92 Å². The SMILES string of the molecule is C=CC(=O)Oc1ccc(/C=C(\C)C(=O)Oc2ccc(OC(=O)C=C)cc2OC(=O)CC)c(OC(=O)C(C)C)c1. The first-order chi connectivity index (χ1) is 18.5. The second-order valence-electron chi connectivity index (χ2n) is 8.18. The van der Waals surface area contributed by atoms with E-state index in [4.69, 9.17) is 23.7 Å². The van der Waals surface area contributed by atoms with Crippen molar-refractivity contribution < 1.29 is 47.7 Å². The second-order valence-corrected chi connectivity index (χ2v) is 8.18. The average molecular weight is 537 g/mol. The second kappa shape index (κ2) is 14.1. The minimum absolute atomic E-state index is 0.0406. The Morgan fingerprint density at radius 1 is 0.769 bits per heavy atom. The molecule has 2 rings (SSSR count). The average Bonchev–Trinajstić information content (AvgIpc) is 2.90. The van der Waals surface area contributed by atoms with Gasteiger partial charge in [-0.2, -0.15) is 0 Å². The van der Waals surface area contributed by atoms with Gasteiger partial charge in [-0.1, -0.05) is 33.9 Å². The van der Waals surface area contributed by atoms with E-state index in [1.165, 1.54) is 49.4 Å². The summed E-state index contributed by atoms with van der Waals surface area (Å²) in [6.07, 6.45) is 3.39. The zero-order valence-electron chi connectivity index (χ0n) is 22.0. The third-order valence-corrected chi connectivity index (χ3v) is 4.76. The summed E-state index contributed by atoms with van der Waals surface area (Å²) >= 11 is 0. The standard InChI is InChI=1S/C29H28O10/c1-7-25(30)35-20-11-10-19(23(15-20)39-28(33)17(4)5)14-18(6)29(34)38-22-13-12-21(36-26(31)8-2)16-24(22)37-27(32)9-3/h7-8,10-17H,1-2,9H2,3-6H3/b18-14+. The first-order valence-electron chi connectivity index (χ1n) is 11.8. The van der Waals surface area contributed by atoms with Crippen molar-refractivity contribution in [2.45, 2.75) is 34.1 Å². The molecular weight excluding hydrogens is 508 g/mol. The van der Waals surface area contributed by atoms with Gasteiger partial charge >= 0.3 is 29.8 Å². The maximum Gasteiger partial charge on any atom is 0.339 e. The van der Waals surface area contributed by atoms with Gasteiger partial charge in [0, 0.05) is 41.8 Å². The van der Waals surface area contributed by atoms with Crippen LogP contribution in [0.2, 0.25) is 0 Å². The van der Waals surface area contributed by atoms with E-state index in [1.54, 1.807) is 20.8 Å². The van der Waals surface area contributed by atoms with Gasteiger partial charge in [-0.25, -0.2) is 14.4 Å². The van der Waals surface area contributed by atoms with E-state index in [0.717, 1.165) is 12.2 Å². The van der Waals surface area contributed by atoms with Gasteiger partial charge in [0.1, 0.15) is 17.2 Å². The lowest BCUT2D eigenvalue weighted by atomic mass is 10.1. The molecule has 10 heteroatoms. The fraction of sp³-hybridized carbons (Fsp3) is 0.207. The van der Waals surface area contributed by atoms with E-state index >= 15 is 0 Å². The molecule has 0 atom stereocenters. The Morgan fingerprint density at radius 3 is 1.87 bits per heavy atom. The Kier molecular flexibility index (Phi) is 10.9. The molecule has 0 radical (unpaired) electrons. The molecule has 0 saturated heterocycles. The zero-order valence-corrected chi connectivity index (χ0v) is 22.0. The summed E-state index contributed by atoms with van der Waals surface area (Å²) in [6, 6.07) is 8.14. The highest BCUT2D eigenvalue weighted by molar-refractivity contribution is 5.95. The van der Waals surface area contributed by atoms with Gasteiger partial charge in [0.15, 0.2) is 11.5 Å². The molecule has 0 bridgehead atoms. The number of benzene rings is 2. The largest absolute Gasteiger partial charge is 0.426 e. The van der Waals surface area contributed by atoms with Crippen molar-refractivity contribution in [2.24, 2.45) is 5.92 Å². The van der Waals surface area contributed by atoms with Crippen molar-refractivity contribution >= 4 is 35.9 Å². The number of hydrogen-bond donors (Lipinski definition) is 0. The molecule has 0 aliphatic rings. The molecule has 0 aromatic heterocycles. The molecule has 0 fully saturated rings. The number of carbonyl (C=O) groups is 5. The lowest BCUT2D eigenvalue weighted by molar-refractivity contribution is -0.138. The van der Waals surface area contributed by atoms with Crippen molar-refractivity contribution in [1.82, 2.24) is 0 Å². The summed E-state index contributed by atoms with van der Waals surface area (Å²) in [6.45, 7) is 13.0. The lowest BCUT2D eigenvalue weighted by Crippen LogP contribution is -2.16. The Bertz CT molecular complexity index is 1330. The highest BCUT2D eigenvalue weighted by Gasteiger charge is 2.19. The molecule has 10 nitrogen and oxygen atoms in total. The summed E-state index contributed by atoms with van der Waals surface area (Å²) in [5, 5.41) is 0. The highest BCUT2D eigenvalue weighted by atomic mass is 16.6. The fourth-order valence-electron chi connectivity index (χ4n) is 2.71. The zero-order chi connectivity index (χ0) is 29.1. The molecule has 204 valence electrons. The minimum atomic E-state index is -0.817. The van der Waals surface area contributed by atoms with E-state index < -0.39 is 35.8 Å². The van der Waals surface area contributed by atoms with Gasteiger partial charge in [0.2, 0.25) is 0 Å². The van der Waals surface area contributed by atoms with Crippen LogP contribution in [0, 0.1) is 5.92 Å². The van der Waals surface area contributed by atoms with Crippen LogP contribution in [0.4, 0.5) is 0 Å². The Morgan fingerprint density at radius 2 is 1.33 bits per heavy atom. The molecule has 0 saturated carbocycles. The van der Waals surface area contributed by atoms with E-state index in [2.05, 4.69) is 13.2 Å². The third-order valence-electron chi connectivity index (χ3n) is 4.76. The molecule has 0 heterocycles. The Labute approximate surface area is 225 Å². The van der Waals surface area contributed by atoms with E-state index in [1.807, 2.05) is 0 Å². The molecular formula is C29H28O10. The quantitative estimate of drug-likeness (QED) is 0.225. The van der Waals surface area contributed by atoms with E-state index in [-0.39, 0.29) is 40.7 Å². The van der Waals surface area contributed by atoms with Crippen LogP contribution in [0.25, 0.3) is 6.08 Å². The van der Waals surface area contributed by atoms with E-state index in [9.17, 15) is 24.0 Å². The number of rotatable bonds is 11. The highest BCUT2D eigenvalue weighted by Crippen LogP contribution is 2.33. The summed E-state index contributed by atoms with van der Waals surface area (Å²) in [7, 11) is 0. The van der Waals surface area contributed by atoms with E-state index in [0.29, 0.717) is 5.56 Å². The number of hydrogen-bond acceptors (Lipinski definition) is 10. The van der Waals surface area contributed by atoms with Crippen molar-refractivity contribution in [3.63, 3.8) is 0 Å². The predicted molar refractivity (Wildman–Crippen MR) is 140 cm³/mol. The van der Waals surface area contributed by atoms with Gasteiger partial charge in [-0.15, -0.1) is 0 Å². The summed E-state index contributed by atoms with van der Waals surface area (Å²) in [5.41, 5.74) is 0.406. The molecule has 0 unspecified atom stereocenters. The fourth-order valence-corrected chi connectivity index (χ4v) is 2.71. The van der Waals surface area contributed by atoms with Crippen molar-refractivity contribution in [2.75, 3.05) is 0 Å². The summed E-state index contributed by atoms with van der Waals surface area (Å²) < 4.78 is 26.2. The summed E-state index contributed by atoms with van der Waals surface area (Å²) in [4.78, 5) is 60.1. The molecule has 0 aliphatic carbocycles. The van der Waals surface area contributed by atoms with Crippen molar-refractivity contribution in [3.8, 4) is 28.7 Å². The van der Waals surface area contributed by atoms with Crippen LogP contribution < -0.4 is 23.7 Å². The molecule has 2 aromatic rings. The monoisotopic (exact) mass is 536 g/mol. The first-order valence-corrected chi connectivity index (χ1v) is 11.8. The lowest BCUT2D eigenvalue weighted by Gasteiger charge is -2.13. The molecule has 2 aromatic carbocycles. The van der Waals surface area contributed by atoms with Crippen LogP contribution in [0.15, 0.2) is 67.3 Å². The smallest absolute Gasteiger partial charge is 0.339 e. The molecule has 0 N–H and O–H groups in total. The van der Waals surface area contributed by atoms with Crippen LogP contribution in [0.5, 0.6) is 28.7 Å². The van der Waals surface area contributed by atoms with Gasteiger partial charge in [0.25, 0.3) is 0 Å². The van der Waals surface area contributed by atoms with Gasteiger partial charge in [-0.3, -0.25) is 9.59 Å². The number of carbonyl (C=O) groups excluding carboxylic acids is 5. The van der Waals surface area contributed by atoms with Crippen LogP contribution >= 0.6 is 0 Å². The van der Waals surface area contributed by atoms with Crippen LogP contribution in [-0.4, -0.2) is 29.8 Å². The predicted octanol–water partition coefficient (Wildman–Crippen LogP) is 4.76. The van der Waals surface area contributed by atoms with Gasteiger partial charge in [-0.05, 0) is 37.3 Å². The van der Waals surface area contributed by atoms with Crippen LogP contribution in [0.1, 0.15) is 39.7 Å². The topological polar surface area (TPSA) is 132 Å². The third kappa shape index (κ3) is 9.12.